The maximum atomic E-state index is 5.87. The Morgan fingerprint density at radius 3 is 2.86 bits per heavy atom. The summed E-state index contributed by atoms with van der Waals surface area (Å²) in [7, 11) is 0. The minimum Gasteiger partial charge on any atom is -0.493 e. The molecule has 0 unspecified atom stereocenters. The second kappa shape index (κ2) is 7.92. The lowest BCUT2D eigenvalue weighted by atomic mass is 10.2. The maximum absolute atomic E-state index is 5.87. The molecule has 0 spiro atoms. The van der Waals surface area contributed by atoms with Crippen molar-refractivity contribution in [3.63, 3.8) is 0 Å². The third-order valence-electron chi connectivity index (χ3n) is 3.16. The van der Waals surface area contributed by atoms with Gasteiger partial charge in [-0.1, -0.05) is 29.8 Å². The molecule has 1 aromatic carbocycles. The number of aryl methyl sites for hydroxylation is 1. The molecule has 1 N–H and O–H groups in total. The first-order chi connectivity index (χ1) is 10.1. The van der Waals surface area contributed by atoms with Crippen LogP contribution in [0.15, 0.2) is 28.2 Å². The fraction of sp³-hybridized carbons (Fsp3) is 0.438. The minimum atomic E-state index is 0.468. The van der Waals surface area contributed by atoms with Gasteiger partial charge >= 0.3 is 0 Å². The van der Waals surface area contributed by atoms with Crippen molar-refractivity contribution in [3.05, 3.63) is 44.3 Å². The molecule has 1 aromatic heterocycles. The van der Waals surface area contributed by atoms with Crippen molar-refractivity contribution in [2.75, 3.05) is 6.61 Å². The molecule has 0 aliphatic rings. The molecule has 0 amide bonds. The van der Waals surface area contributed by atoms with Crippen molar-refractivity contribution in [1.82, 2.24) is 10.3 Å². The topological polar surface area (TPSA) is 34.1 Å². The summed E-state index contributed by atoms with van der Waals surface area (Å²) in [6.07, 6.45) is 0.909. The molecule has 21 heavy (non-hydrogen) atoms. The molecule has 0 bridgehead atoms. The summed E-state index contributed by atoms with van der Waals surface area (Å²) < 4.78 is 6.98. The van der Waals surface area contributed by atoms with Crippen LogP contribution in [0.4, 0.5) is 0 Å². The molecular formula is C16H21BrN2OS. The number of hydrogen-bond acceptors (Lipinski definition) is 4. The lowest BCUT2D eigenvalue weighted by Gasteiger charge is -2.12. The van der Waals surface area contributed by atoms with Gasteiger partial charge in [-0.3, -0.25) is 0 Å². The van der Waals surface area contributed by atoms with E-state index in [1.165, 1.54) is 10.4 Å². The summed E-state index contributed by atoms with van der Waals surface area (Å²) in [6.45, 7) is 7.85. The molecule has 2 rings (SSSR count). The van der Waals surface area contributed by atoms with Gasteiger partial charge in [0.2, 0.25) is 0 Å². The Balaban J connectivity index is 1.91. The number of nitrogens with zero attached hydrogens (tertiary/aromatic N) is 1. The molecule has 0 saturated heterocycles. The van der Waals surface area contributed by atoms with Gasteiger partial charge < -0.3 is 10.1 Å². The summed E-state index contributed by atoms with van der Waals surface area (Å²) >= 11 is 5.28. The van der Waals surface area contributed by atoms with Crippen molar-refractivity contribution in [1.29, 1.82) is 0 Å². The van der Waals surface area contributed by atoms with Crippen LogP contribution in [0.3, 0.4) is 0 Å². The first kappa shape index (κ1) is 16.5. The highest BCUT2D eigenvalue weighted by molar-refractivity contribution is 9.10. The Bertz CT molecular complexity index is 583. The van der Waals surface area contributed by atoms with Gasteiger partial charge in [0.25, 0.3) is 0 Å². The predicted molar refractivity (Wildman–Crippen MR) is 92.2 cm³/mol. The van der Waals surface area contributed by atoms with Gasteiger partial charge in [0.05, 0.1) is 17.8 Å². The molecule has 5 heteroatoms. The second-order valence-corrected chi connectivity index (χ2v) is 7.04. The van der Waals surface area contributed by atoms with Gasteiger partial charge in [0.15, 0.2) is 0 Å². The average molecular weight is 369 g/mol. The number of benzene rings is 1. The Hall–Kier alpha value is -0.910. The number of rotatable bonds is 7. The van der Waals surface area contributed by atoms with Crippen molar-refractivity contribution in [3.8, 4) is 5.75 Å². The van der Waals surface area contributed by atoms with Crippen LogP contribution in [0.5, 0.6) is 5.75 Å². The van der Waals surface area contributed by atoms with E-state index in [-0.39, 0.29) is 0 Å². The molecular weight excluding hydrogens is 348 g/mol. The SMILES string of the molecule is Cc1ncsc1CCOc1ccc(Br)c(CNC(C)C)c1. The van der Waals surface area contributed by atoms with Crippen LogP contribution >= 0.6 is 27.3 Å². The van der Waals surface area contributed by atoms with E-state index in [1.807, 2.05) is 24.6 Å². The smallest absolute Gasteiger partial charge is 0.119 e. The standard InChI is InChI=1S/C16H21BrN2OS/c1-11(2)18-9-13-8-14(4-5-15(13)17)20-7-6-16-12(3)19-10-21-16/h4-5,8,10-11,18H,6-7,9H2,1-3H3. The van der Waals surface area contributed by atoms with E-state index >= 15 is 0 Å². The van der Waals surface area contributed by atoms with Gasteiger partial charge in [-0.25, -0.2) is 4.98 Å². The maximum Gasteiger partial charge on any atom is 0.119 e. The van der Waals surface area contributed by atoms with Crippen LogP contribution in [-0.4, -0.2) is 17.6 Å². The molecule has 0 aliphatic carbocycles. The van der Waals surface area contributed by atoms with E-state index in [2.05, 4.69) is 46.1 Å². The van der Waals surface area contributed by atoms with E-state index in [9.17, 15) is 0 Å². The Labute approximate surface area is 138 Å². The van der Waals surface area contributed by atoms with Gasteiger partial charge in [-0.2, -0.15) is 0 Å². The van der Waals surface area contributed by atoms with E-state index in [0.29, 0.717) is 12.6 Å². The lowest BCUT2D eigenvalue weighted by molar-refractivity contribution is 0.322. The number of aromatic nitrogens is 1. The van der Waals surface area contributed by atoms with Crippen molar-refractivity contribution < 1.29 is 4.74 Å². The van der Waals surface area contributed by atoms with Crippen LogP contribution in [-0.2, 0) is 13.0 Å². The number of hydrogen-bond donors (Lipinski definition) is 1. The zero-order chi connectivity index (χ0) is 15.2. The molecule has 1 heterocycles. The Kier molecular flexibility index (Phi) is 6.21. The highest BCUT2D eigenvalue weighted by Crippen LogP contribution is 2.23. The van der Waals surface area contributed by atoms with Crippen molar-refractivity contribution in [2.45, 2.75) is 39.8 Å². The molecule has 0 atom stereocenters. The molecule has 0 aliphatic heterocycles. The molecule has 0 fully saturated rings. The lowest BCUT2D eigenvalue weighted by Crippen LogP contribution is -2.22. The molecule has 114 valence electrons. The summed E-state index contributed by atoms with van der Waals surface area (Å²) in [5.41, 5.74) is 4.22. The summed E-state index contributed by atoms with van der Waals surface area (Å²) in [5, 5.41) is 3.42. The molecule has 3 nitrogen and oxygen atoms in total. The zero-order valence-corrected chi connectivity index (χ0v) is 15.1. The second-order valence-electron chi connectivity index (χ2n) is 5.25. The highest BCUT2D eigenvalue weighted by Gasteiger charge is 2.05. The first-order valence-corrected chi connectivity index (χ1v) is 8.77. The normalized spacial score (nSPS) is 11.1. The molecule has 0 radical (unpaired) electrons. The third kappa shape index (κ3) is 5.09. The summed E-state index contributed by atoms with van der Waals surface area (Å²) in [4.78, 5) is 5.56. The van der Waals surface area contributed by atoms with Gasteiger partial charge in [-0.05, 0) is 30.7 Å². The summed E-state index contributed by atoms with van der Waals surface area (Å²) in [6, 6.07) is 6.61. The van der Waals surface area contributed by atoms with E-state index in [0.717, 1.165) is 28.9 Å². The Morgan fingerprint density at radius 2 is 2.19 bits per heavy atom. The van der Waals surface area contributed by atoms with Crippen molar-refractivity contribution in [2.24, 2.45) is 0 Å². The number of ether oxygens (including phenoxy) is 1. The quantitative estimate of drug-likeness (QED) is 0.789. The van der Waals surface area contributed by atoms with Crippen LogP contribution in [0, 0.1) is 6.92 Å². The van der Waals surface area contributed by atoms with E-state index in [4.69, 9.17) is 4.74 Å². The van der Waals surface area contributed by atoms with Crippen LogP contribution in [0.2, 0.25) is 0 Å². The molecule has 2 aromatic rings. The van der Waals surface area contributed by atoms with Crippen LogP contribution in [0.25, 0.3) is 0 Å². The van der Waals surface area contributed by atoms with Gasteiger partial charge in [0.1, 0.15) is 5.75 Å². The average Bonchev–Trinajstić information content (AvgIpc) is 2.84. The Morgan fingerprint density at radius 1 is 1.38 bits per heavy atom. The van der Waals surface area contributed by atoms with E-state index in [1.54, 1.807) is 11.3 Å². The largest absolute Gasteiger partial charge is 0.493 e. The van der Waals surface area contributed by atoms with Crippen LogP contribution in [0.1, 0.15) is 30.0 Å². The predicted octanol–water partition coefficient (Wildman–Crippen LogP) is 4.33. The molecule has 0 saturated carbocycles. The van der Waals surface area contributed by atoms with Gasteiger partial charge in [0, 0.05) is 28.4 Å². The third-order valence-corrected chi connectivity index (χ3v) is 4.93. The minimum absolute atomic E-state index is 0.468. The van der Waals surface area contributed by atoms with Crippen LogP contribution < -0.4 is 10.1 Å². The first-order valence-electron chi connectivity index (χ1n) is 7.10. The zero-order valence-electron chi connectivity index (χ0n) is 12.6. The van der Waals surface area contributed by atoms with Gasteiger partial charge in [-0.15, -0.1) is 11.3 Å². The number of thiazole rings is 1. The highest BCUT2D eigenvalue weighted by atomic mass is 79.9. The number of nitrogens with one attached hydrogen (secondary N) is 1. The van der Waals surface area contributed by atoms with E-state index < -0.39 is 0 Å². The monoisotopic (exact) mass is 368 g/mol. The van der Waals surface area contributed by atoms with Crippen molar-refractivity contribution >= 4 is 27.3 Å². The number of halogens is 1. The summed E-state index contributed by atoms with van der Waals surface area (Å²) in [5.74, 6) is 0.918. The fourth-order valence-corrected chi connectivity index (χ4v) is 3.07. The fourth-order valence-electron chi connectivity index (χ4n) is 1.92.